The second-order valence-corrected chi connectivity index (χ2v) is 5.54. The van der Waals surface area contributed by atoms with Crippen LogP contribution >= 0.6 is 0 Å². The minimum atomic E-state index is 0.0232. The molecule has 2 heterocycles. The number of methoxy groups -OCH3 is 1. The van der Waals surface area contributed by atoms with Crippen molar-refractivity contribution in [3.63, 3.8) is 0 Å². The topological polar surface area (TPSA) is 60.2 Å². The van der Waals surface area contributed by atoms with Crippen molar-refractivity contribution in [2.24, 2.45) is 0 Å². The van der Waals surface area contributed by atoms with Crippen molar-refractivity contribution < 1.29 is 9.26 Å². The van der Waals surface area contributed by atoms with Gasteiger partial charge in [-0.25, -0.2) is 0 Å². The van der Waals surface area contributed by atoms with Gasteiger partial charge in [0.2, 0.25) is 11.7 Å². The fraction of sp³-hybridized carbons (Fsp3) is 0.500. The van der Waals surface area contributed by atoms with Gasteiger partial charge < -0.3 is 14.6 Å². The van der Waals surface area contributed by atoms with Crippen molar-refractivity contribution in [2.45, 2.75) is 31.6 Å². The van der Waals surface area contributed by atoms with E-state index in [1.165, 1.54) is 0 Å². The summed E-state index contributed by atoms with van der Waals surface area (Å²) in [5.41, 5.74) is 0.944. The van der Waals surface area contributed by atoms with E-state index in [1.54, 1.807) is 7.11 Å². The highest BCUT2D eigenvalue weighted by Gasteiger charge is 2.37. The van der Waals surface area contributed by atoms with E-state index in [2.05, 4.69) is 22.4 Å². The molecular weight excluding hydrogens is 266 g/mol. The number of aromatic nitrogens is 2. The first kappa shape index (κ1) is 14.1. The lowest BCUT2D eigenvalue weighted by Gasteiger charge is -2.33. The van der Waals surface area contributed by atoms with E-state index >= 15 is 0 Å². The molecule has 0 amide bonds. The maximum atomic E-state index is 5.60. The van der Waals surface area contributed by atoms with Gasteiger partial charge >= 0.3 is 0 Å². The second-order valence-electron chi connectivity index (χ2n) is 5.54. The van der Waals surface area contributed by atoms with Crippen LogP contribution in [0.5, 0.6) is 5.75 Å². The third kappa shape index (κ3) is 2.65. The Bertz CT molecular complexity index is 603. The number of hydrogen-bond donors (Lipinski definition) is 1. The molecule has 0 atom stereocenters. The molecule has 1 fully saturated rings. The number of ether oxygens (including phenoxy) is 1. The lowest BCUT2D eigenvalue weighted by molar-refractivity contribution is 0.216. The average molecular weight is 287 g/mol. The van der Waals surface area contributed by atoms with Crippen LogP contribution in [0.1, 0.15) is 32.1 Å². The molecule has 5 heteroatoms. The van der Waals surface area contributed by atoms with Gasteiger partial charge in [0.05, 0.1) is 12.5 Å². The molecular formula is C16H21N3O2. The summed E-state index contributed by atoms with van der Waals surface area (Å²) in [7, 11) is 1.65. The highest BCUT2D eigenvalue weighted by molar-refractivity contribution is 5.56. The standard InChI is InChI=1S/C16H21N3O2/c1-3-16(7-9-17-10-8-16)15-18-14(19-21-15)12-5-4-6-13(11-12)20-2/h4-6,11,17H,3,7-10H2,1-2H3. The molecule has 1 aromatic heterocycles. The normalized spacial score (nSPS) is 17.6. The van der Waals surface area contributed by atoms with Crippen LogP contribution in [-0.2, 0) is 5.41 Å². The Kier molecular flexibility index (Phi) is 3.92. The van der Waals surface area contributed by atoms with Crippen LogP contribution < -0.4 is 10.1 Å². The van der Waals surface area contributed by atoms with E-state index in [0.29, 0.717) is 5.82 Å². The number of benzene rings is 1. The van der Waals surface area contributed by atoms with Gasteiger partial charge in [-0.2, -0.15) is 4.98 Å². The van der Waals surface area contributed by atoms with Gasteiger partial charge in [0, 0.05) is 5.56 Å². The van der Waals surface area contributed by atoms with Gasteiger partial charge in [-0.05, 0) is 44.5 Å². The van der Waals surface area contributed by atoms with Crippen LogP contribution in [-0.4, -0.2) is 30.3 Å². The quantitative estimate of drug-likeness (QED) is 0.937. The van der Waals surface area contributed by atoms with Crippen molar-refractivity contribution in [3.05, 3.63) is 30.2 Å². The van der Waals surface area contributed by atoms with Gasteiger partial charge in [0.15, 0.2) is 0 Å². The molecule has 1 aliphatic rings. The minimum absolute atomic E-state index is 0.0232. The lowest BCUT2D eigenvalue weighted by Crippen LogP contribution is -2.39. The van der Waals surface area contributed by atoms with Crippen molar-refractivity contribution in [1.29, 1.82) is 0 Å². The van der Waals surface area contributed by atoms with Crippen molar-refractivity contribution in [2.75, 3.05) is 20.2 Å². The summed E-state index contributed by atoms with van der Waals surface area (Å²) in [4.78, 5) is 4.66. The molecule has 0 radical (unpaired) electrons. The number of piperidine rings is 1. The maximum Gasteiger partial charge on any atom is 0.233 e. The molecule has 112 valence electrons. The molecule has 5 nitrogen and oxygen atoms in total. The number of nitrogens with one attached hydrogen (secondary N) is 1. The predicted molar refractivity (Wildman–Crippen MR) is 80.4 cm³/mol. The van der Waals surface area contributed by atoms with Crippen molar-refractivity contribution >= 4 is 0 Å². The smallest absolute Gasteiger partial charge is 0.233 e. The van der Waals surface area contributed by atoms with Gasteiger partial charge in [-0.3, -0.25) is 0 Å². The van der Waals surface area contributed by atoms with Crippen LogP contribution in [0.2, 0.25) is 0 Å². The Morgan fingerprint density at radius 3 is 2.86 bits per heavy atom. The van der Waals surface area contributed by atoms with Crippen LogP contribution in [0.15, 0.2) is 28.8 Å². The second kappa shape index (κ2) is 5.85. The fourth-order valence-electron chi connectivity index (χ4n) is 2.94. The molecule has 0 bridgehead atoms. The highest BCUT2D eigenvalue weighted by Crippen LogP contribution is 2.36. The van der Waals surface area contributed by atoms with Gasteiger partial charge in [-0.15, -0.1) is 0 Å². The molecule has 2 aromatic rings. The van der Waals surface area contributed by atoms with Crippen LogP contribution in [0.25, 0.3) is 11.4 Å². The van der Waals surface area contributed by atoms with E-state index in [4.69, 9.17) is 9.26 Å². The Labute approximate surface area is 124 Å². The third-order valence-corrected chi connectivity index (χ3v) is 4.45. The molecule has 0 aliphatic carbocycles. The molecule has 0 saturated carbocycles. The Hall–Kier alpha value is -1.88. The SMILES string of the molecule is CCC1(c2nc(-c3cccc(OC)c3)no2)CCNCC1. The van der Waals surface area contributed by atoms with E-state index in [9.17, 15) is 0 Å². The molecule has 1 N–H and O–H groups in total. The van der Waals surface area contributed by atoms with Crippen molar-refractivity contribution in [1.82, 2.24) is 15.5 Å². The third-order valence-electron chi connectivity index (χ3n) is 4.45. The Morgan fingerprint density at radius 2 is 2.14 bits per heavy atom. The minimum Gasteiger partial charge on any atom is -0.497 e. The zero-order valence-corrected chi connectivity index (χ0v) is 12.6. The number of rotatable bonds is 4. The zero-order chi connectivity index (χ0) is 14.7. The van der Waals surface area contributed by atoms with E-state index in [-0.39, 0.29) is 5.41 Å². The average Bonchev–Trinajstić information content (AvgIpc) is 3.06. The summed E-state index contributed by atoms with van der Waals surface area (Å²) < 4.78 is 10.8. The Morgan fingerprint density at radius 1 is 1.33 bits per heavy atom. The summed E-state index contributed by atoms with van der Waals surface area (Å²) in [5, 5.41) is 7.56. The number of hydrogen-bond acceptors (Lipinski definition) is 5. The number of nitrogens with zero attached hydrogens (tertiary/aromatic N) is 2. The molecule has 3 rings (SSSR count). The molecule has 1 saturated heterocycles. The first-order chi connectivity index (χ1) is 10.3. The maximum absolute atomic E-state index is 5.60. The summed E-state index contributed by atoms with van der Waals surface area (Å²) >= 11 is 0. The summed E-state index contributed by atoms with van der Waals surface area (Å²) in [5.74, 6) is 2.20. The van der Waals surface area contributed by atoms with Crippen molar-refractivity contribution in [3.8, 4) is 17.1 Å². The molecule has 21 heavy (non-hydrogen) atoms. The fourth-order valence-corrected chi connectivity index (χ4v) is 2.94. The highest BCUT2D eigenvalue weighted by atomic mass is 16.5. The van der Waals surface area contributed by atoms with Crippen LogP contribution in [0, 0.1) is 0 Å². The largest absolute Gasteiger partial charge is 0.497 e. The first-order valence-electron chi connectivity index (χ1n) is 7.47. The molecule has 0 unspecified atom stereocenters. The van der Waals surface area contributed by atoms with Crippen LogP contribution in [0.4, 0.5) is 0 Å². The predicted octanol–water partition coefficient (Wildman–Crippen LogP) is 2.78. The first-order valence-corrected chi connectivity index (χ1v) is 7.47. The zero-order valence-electron chi connectivity index (χ0n) is 12.6. The van der Waals surface area contributed by atoms with Gasteiger partial charge in [0.1, 0.15) is 5.75 Å². The van der Waals surface area contributed by atoms with E-state index in [1.807, 2.05) is 24.3 Å². The molecule has 0 spiro atoms. The van der Waals surface area contributed by atoms with Gasteiger partial charge in [-0.1, -0.05) is 24.2 Å². The summed E-state index contributed by atoms with van der Waals surface area (Å²) in [6, 6.07) is 7.74. The molecule has 1 aromatic carbocycles. The molecule has 1 aliphatic heterocycles. The Balaban J connectivity index is 1.91. The summed E-state index contributed by atoms with van der Waals surface area (Å²) in [6.07, 6.45) is 3.11. The lowest BCUT2D eigenvalue weighted by atomic mass is 9.76. The summed E-state index contributed by atoms with van der Waals surface area (Å²) in [6.45, 7) is 4.20. The van der Waals surface area contributed by atoms with E-state index in [0.717, 1.165) is 49.6 Å². The monoisotopic (exact) mass is 287 g/mol. The van der Waals surface area contributed by atoms with E-state index < -0.39 is 0 Å². The van der Waals surface area contributed by atoms with Gasteiger partial charge in [0.25, 0.3) is 0 Å². The van der Waals surface area contributed by atoms with Crippen LogP contribution in [0.3, 0.4) is 0 Å².